The first-order valence-corrected chi connectivity index (χ1v) is 7.12. The van der Waals surface area contributed by atoms with E-state index in [1.165, 1.54) is 6.08 Å². The number of rotatable bonds is 4. The summed E-state index contributed by atoms with van der Waals surface area (Å²) < 4.78 is 6.13. The fourth-order valence-corrected chi connectivity index (χ4v) is 2.54. The summed E-state index contributed by atoms with van der Waals surface area (Å²) in [6.07, 6.45) is 2.56. The molecule has 1 aliphatic heterocycles. The summed E-state index contributed by atoms with van der Waals surface area (Å²) in [5.74, 6) is -1.50. The van der Waals surface area contributed by atoms with Crippen molar-refractivity contribution in [3.05, 3.63) is 34.3 Å². The molecule has 3 N–H and O–H groups in total. The van der Waals surface area contributed by atoms with Crippen molar-refractivity contribution in [3.8, 4) is 0 Å². The lowest BCUT2D eigenvalue weighted by atomic mass is 10.1. The predicted molar refractivity (Wildman–Crippen MR) is 82.0 cm³/mol. The van der Waals surface area contributed by atoms with Crippen LogP contribution in [0.25, 0.3) is 6.08 Å². The molecule has 1 aliphatic rings. The van der Waals surface area contributed by atoms with Gasteiger partial charge in [-0.1, -0.05) is 22.0 Å². The van der Waals surface area contributed by atoms with Gasteiger partial charge in [0, 0.05) is 22.8 Å². The summed E-state index contributed by atoms with van der Waals surface area (Å²) in [5.41, 5.74) is 6.87. The topological polar surface area (TPSA) is 92.9 Å². The Bertz CT molecular complexity index is 588. The van der Waals surface area contributed by atoms with Gasteiger partial charge in [-0.25, -0.2) is 4.79 Å². The maximum atomic E-state index is 11.6. The Morgan fingerprint density at radius 3 is 2.90 bits per heavy atom. The van der Waals surface area contributed by atoms with Gasteiger partial charge in [0.25, 0.3) is 0 Å². The van der Waals surface area contributed by atoms with Gasteiger partial charge in [0.05, 0.1) is 13.2 Å². The van der Waals surface area contributed by atoms with E-state index in [0.717, 1.165) is 16.2 Å². The third-order valence-electron chi connectivity index (χ3n) is 3.16. The van der Waals surface area contributed by atoms with Crippen LogP contribution in [0.4, 0.5) is 5.69 Å². The number of ether oxygens (including phenoxy) is 1. The van der Waals surface area contributed by atoms with E-state index < -0.39 is 17.9 Å². The first-order valence-electron chi connectivity index (χ1n) is 6.33. The highest BCUT2D eigenvalue weighted by atomic mass is 79.9. The van der Waals surface area contributed by atoms with Gasteiger partial charge in [-0.05, 0) is 23.8 Å². The zero-order chi connectivity index (χ0) is 15.4. The van der Waals surface area contributed by atoms with Gasteiger partial charge in [0.15, 0.2) is 0 Å². The number of hydrogen-bond acceptors (Lipinski definition) is 4. The van der Waals surface area contributed by atoms with Crippen molar-refractivity contribution < 1.29 is 19.4 Å². The Morgan fingerprint density at radius 2 is 2.24 bits per heavy atom. The number of hydrogen-bond donors (Lipinski definition) is 2. The van der Waals surface area contributed by atoms with E-state index in [0.29, 0.717) is 18.7 Å². The standard InChI is InChI=1S/C14H15BrN2O4/c15-10-3-1-9(2-4-13(18)19)11(7-10)17-5-6-21-8-12(17)14(16)20/h1-4,7,12H,5-6,8H2,(H2,16,20)(H,18,19)/b4-2+. The molecule has 7 heteroatoms. The van der Waals surface area contributed by atoms with E-state index in [-0.39, 0.29) is 6.61 Å². The highest BCUT2D eigenvalue weighted by Crippen LogP contribution is 2.29. The van der Waals surface area contributed by atoms with E-state index in [2.05, 4.69) is 15.9 Å². The number of carbonyl (C=O) groups excluding carboxylic acids is 1. The number of aliphatic carboxylic acids is 1. The predicted octanol–water partition coefficient (Wildman–Crippen LogP) is 1.24. The highest BCUT2D eigenvalue weighted by Gasteiger charge is 2.29. The van der Waals surface area contributed by atoms with Crippen LogP contribution in [0.1, 0.15) is 5.56 Å². The minimum Gasteiger partial charge on any atom is -0.478 e. The van der Waals surface area contributed by atoms with Gasteiger partial charge < -0.3 is 20.5 Å². The fourth-order valence-electron chi connectivity index (χ4n) is 2.20. The number of halogens is 1. The van der Waals surface area contributed by atoms with E-state index >= 15 is 0 Å². The average Bonchev–Trinajstić information content (AvgIpc) is 2.45. The van der Waals surface area contributed by atoms with Gasteiger partial charge >= 0.3 is 5.97 Å². The summed E-state index contributed by atoms with van der Waals surface area (Å²) in [7, 11) is 0. The largest absolute Gasteiger partial charge is 0.478 e. The molecular formula is C14H15BrN2O4. The number of carbonyl (C=O) groups is 2. The molecule has 2 rings (SSSR count). The van der Waals surface area contributed by atoms with Gasteiger partial charge in [-0.15, -0.1) is 0 Å². The molecule has 1 heterocycles. The highest BCUT2D eigenvalue weighted by molar-refractivity contribution is 9.10. The van der Waals surface area contributed by atoms with E-state index in [4.69, 9.17) is 15.6 Å². The Labute approximate surface area is 130 Å². The maximum absolute atomic E-state index is 11.6. The van der Waals surface area contributed by atoms with Crippen LogP contribution in [-0.4, -0.2) is 42.8 Å². The molecule has 1 aromatic carbocycles. The summed E-state index contributed by atoms with van der Waals surface area (Å²) in [6, 6.07) is 4.87. The van der Waals surface area contributed by atoms with Gasteiger partial charge in [0.2, 0.25) is 5.91 Å². The van der Waals surface area contributed by atoms with Crippen LogP contribution in [-0.2, 0) is 14.3 Å². The summed E-state index contributed by atoms with van der Waals surface area (Å²) in [4.78, 5) is 24.1. The smallest absolute Gasteiger partial charge is 0.328 e. The molecule has 0 aliphatic carbocycles. The van der Waals surface area contributed by atoms with Crippen molar-refractivity contribution in [3.63, 3.8) is 0 Å². The molecule has 1 unspecified atom stereocenters. The van der Waals surface area contributed by atoms with Crippen LogP contribution < -0.4 is 10.6 Å². The Kier molecular flexibility index (Phi) is 4.98. The molecule has 1 saturated heterocycles. The second-order valence-corrected chi connectivity index (χ2v) is 5.48. The van der Waals surface area contributed by atoms with Crippen LogP contribution in [0.2, 0.25) is 0 Å². The van der Waals surface area contributed by atoms with Crippen molar-refractivity contribution >= 4 is 39.6 Å². The molecular weight excluding hydrogens is 340 g/mol. The second kappa shape index (κ2) is 6.73. The second-order valence-electron chi connectivity index (χ2n) is 4.56. The molecule has 112 valence electrons. The SMILES string of the molecule is NC(=O)C1COCCN1c1cc(Br)ccc1/C=C/C(=O)O. The normalized spacial score (nSPS) is 18.9. The number of anilines is 1. The maximum Gasteiger partial charge on any atom is 0.328 e. The van der Waals surface area contributed by atoms with Gasteiger partial charge in [0.1, 0.15) is 6.04 Å². The van der Waals surface area contributed by atoms with Crippen LogP contribution in [0.15, 0.2) is 28.7 Å². The zero-order valence-electron chi connectivity index (χ0n) is 11.2. The first-order chi connectivity index (χ1) is 9.99. The zero-order valence-corrected chi connectivity index (χ0v) is 12.7. The molecule has 21 heavy (non-hydrogen) atoms. The van der Waals surface area contributed by atoms with Crippen LogP contribution in [0.5, 0.6) is 0 Å². The molecule has 0 bridgehead atoms. The number of carboxylic acids is 1. The molecule has 0 saturated carbocycles. The van der Waals surface area contributed by atoms with Crippen molar-refractivity contribution in [2.24, 2.45) is 5.73 Å². The molecule has 1 amide bonds. The molecule has 0 aromatic heterocycles. The summed E-state index contributed by atoms with van der Waals surface area (Å²) >= 11 is 3.39. The molecule has 1 atom stereocenters. The van der Waals surface area contributed by atoms with Crippen molar-refractivity contribution in [1.82, 2.24) is 0 Å². The van der Waals surface area contributed by atoms with Crippen LogP contribution >= 0.6 is 15.9 Å². The monoisotopic (exact) mass is 354 g/mol. The van der Waals surface area contributed by atoms with E-state index in [9.17, 15) is 9.59 Å². The number of amides is 1. The van der Waals surface area contributed by atoms with E-state index in [1.807, 2.05) is 17.0 Å². The Balaban J connectivity index is 2.42. The third-order valence-corrected chi connectivity index (χ3v) is 3.66. The molecule has 1 aromatic rings. The number of nitrogens with zero attached hydrogens (tertiary/aromatic N) is 1. The molecule has 6 nitrogen and oxygen atoms in total. The van der Waals surface area contributed by atoms with Crippen LogP contribution in [0.3, 0.4) is 0 Å². The number of morpholine rings is 1. The number of benzene rings is 1. The minimum atomic E-state index is -1.03. The van der Waals surface area contributed by atoms with Gasteiger partial charge in [-0.2, -0.15) is 0 Å². The lowest BCUT2D eigenvalue weighted by molar-refractivity contribution is -0.131. The fraction of sp³-hybridized carbons (Fsp3) is 0.286. The molecule has 0 radical (unpaired) electrons. The number of carboxylic acid groups (broad SMARTS) is 1. The average molecular weight is 355 g/mol. The number of nitrogens with two attached hydrogens (primary N) is 1. The lowest BCUT2D eigenvalue weighted by Gasteiger charge is -2.36. The summed E-state index contributed by atoms with van der Waals surface area (Å²) in [5, 5.41) is 8.77. The van der Waals surface area contributed by atoms with Crippen molar-refractivity contribution in [2.75, 3.05) is 24.7 Å². The van der Waals surface area contributed by atoms with Crippen molar-refractivity contribution in [1.29, 1.82) is 0 Å². The minimum absolute atomic E-state index is 0.226. The van der Waals surface area contributed by atoms with Gasteiger partial charge in [-0.3, -0.25) is 4.79 Å². The van der Waals surface area contributed by atoms with E-state index in [1.54, 1.807) is 6.07 Å². The third kappa shape index (κ3) is 3.83. The number of primary amides is 1. The Hall–Kier alpha value is -1.86. The molecule has 0 spiro atoms. The quantitative estimate of drug-likeness (QED) is 0.793. The molecule has 1 fully saturated rings. The lowest BCUT2D eigenvalue weighted by Crippen LogP contribution is -2.52. The van der Waals surface area contributed by atoms with Crippen LogP contribution in [0, 0.1) is 0 Å². The first kappa shape index (κ1) is 15.5. The Morgan fingerprint density at radius 1 is 1.48 bits per heavy atom. The summed E-state index contributed by atoms with van der Waals surface area (Å²) in [6.45, 7) is 1.22. The van der Waals surface area contributed by atoms with Crippen molar-refractivity contribution in [2.45, 2.75) is 6.04 Å².